The maximum Gasteiger partial charge on any atom is 0.355 e. The fourth-order valence-corrected chi connectivity index (χ4v) is 4.48. The molecule has 4 nitrogen and oxygen atoms in total. The Bertz CT molecular complexity index is 835. The largest absolute Gasteiger partial charge is 0.476 e. The third-order valence-corrected chi connectivity index (χ3v) is 5.96. The molecule has 0 radical (unpaired) electrons. The summed E-state index contributed by atoms with van der Waals surface area (Å²) in [6.45, 7) is 0. The average molecular weight is 328 g/mol. The SMILES string of the molecule is O=C(O)c1nc(-c2ncc(-c3ccccc3)s2)sc1C1CC1. The van der Waals surface area contributed by atoms with Gasteiger partial charge >= 0.3 is 5.97 Å². The average Bonchev–Trinajstić information content (AvgIpc) is 3.10. The Morgan fingerprint density at radius 2 is 1.91 bits per heavy atom. The monoisotopic (exact) mass is 328 g/mol. The standard InChI is InChI=1S/C16H12N2O2S2/c19-16(20)12-13(10-6-7-10)22-15(18-12)14-17-8-11(21-14)9-4-2-1-3-5-9/h1-5,8,10H,6-7H2,(H,19,20). The molecule has 0 spiro atoms. The minimum absolute atomic E-state index is 0.207. The van der Waals surface area contributed by atoms with E-state index in [0.29, 0.717) is 10.9 Å². The van der Waals surface area contributed by atoms with E-state index >= 15 is 0 Å². The number of carboxylic acid groups (broad SMARTS) is 1. The highest BCUT2D eigenvalue weighted by molar-refractivity contribution is 7.23. The van der Waals surface area contributed by atoms with Gasteiger partial charge in [0.2, 0.25) is 0 Å². The number of nitrogens with zero attached hydrogens (tertiary/aromatic N) is 2. The van der Waals surface area contributed by atoms with Crippen LogP contribution in [0.3, 0.4) is 0 Å². The minimum atomic E-state index is -0.941. The van der Waals surface area contributed by atoms with Crippen LogP contribution in [0.2, 0.25) is 0 Å². The van der Waals surface area contributed by atoms with Crippen LogP contribution >= 0.6 is 22.7 Å². The summed E-state index contributed by atoms with van der Waals surface area (Å²) >= 11 is 3.02. The van der Waals surface area contributed by atoms with Crippen molar-refractivity contribution in [3.05, 3.63) is 47.1 Å². The predicted octanol–water partition coefficient (Wildman–Crippen LogP) is 4.51. The summed E-state index contributed by atoms with van der Waals surface area (Å²) in [6.07, 6.45) is 3.96. The second-order valence-electron chi connectivity index (χ2n) is 5.21. The topological polar surface area (TPSA) is 63.1 Å². The zero-order chi connectivity index (χ0) is 15.1. The first-order valence-electron chi connectivity index (χ1n) is 6.98. The molecule has 0 atom stereocenters. The summed E-state index contributed by atoms with van der Waals surface area (Å²) in [5, 5.41) is 10.8. The van der Waals surface area contributed by atoms with Crippen molar-refractivity contribution in [2.75, 3.05) is 0 Å². The summed E-state index contributed by atoms with van der Waals surface area (Å²) in [5.74, 6) is -0.560. The lowest BCUT2D eigenvalue weighted by Gasteiger charge is -1.93. The molecule has 1 aliphatic carbocycles. The number of thiazole rings is 2. The molecular weight excluding hydrogens is 316 g/mol. The van der Waals surface area contributed by atoms with E-state index in [1.165, 1.54) is 11.3 Å². The zero-order valence-electron chi connectivity index (χ0n) is 11.5. The second-order valence-corrected chi connectivity index (χ2v) is 7.27. The second kappa shape index (κ2) is 5.30. The Balaban J connectivity index is 1.72. The van der Waals surface area contributed by atoms with E-state index in [2.05, 4.69) is 9.97 Å². The fraction of sp³-hybridized carbons (Fsp3) is 0.188. The number of aromatic nitrogens is 2. The minimum Gasteiger partial charge on any atom is -0.476 e. The van der Waals surface area contributed by atoms with Crippen molar-refractivity contribution in [3.8, 4) is 20.5 Å². The van der Waals surface area contributed by atoms with Crippen LogP contribution in [0.15, 0.2) is 36.5 Å². The first-order chi connectivity index (χ1) is 10.7. The van der Waals surface area contributed by atoms with Crippen LogP contribution in [0.25, 0.3) is 20.5 Å². The number of aromatic carboxylic acids is 1. The highest BCUT2D eigenvalue weighted by atomic mass is 32.1. The van der Waals surface area contributed by atoms with E-state index in [0.717, 1.165) is 33.2 Å². The van der Waals surface area contributed by atoms with Crippen molar-refractivity contribution in [1.29, 1.82) is 0 Å². The predicted molar refractivity (Wildman–Crippen MR) is 87.6 cm³/mol. The van der Waals surface area contributed by atoms with E-state index in [1.807, 2.05) is 36.5 Å². The first kappa shape index (κ1) is 13.6. The van der Waals surface area contributed by atoms with Crippen LogP contribution in [0.1, 0.15) is 34.1 Å². The normalized spacial score (nSPS) is 14.2. The molecule has 1 saturated carbocycles. The lowest BCUT2D eigenvalue weighted by molar-refractivity contribution is 0.0690. The van der Waals surface area contributed by atoms with Gasteiger partial charge in [0.1, 0.15) is 0 Å². The van der Waals surface area contributed by atoms with Gasteiger partial charge in [0.25, 0.3) is 0 Å². The van der Waals surface area contributed by atoms with Crippen LogP contribution in [-0.2, 0) is 0 Å². The highest BCUT2D eigenvalue weighted by Crippen LogP contribution is 2.46. The molecule has 2 heterocycles. The van der Waals surface area contributed by atoms with Gasteiger partial charge in [0.15, 0.2) is 15.7 Å². The van der Waals surface area contributed by atoms with E-state index in [1.54, 1.807) is 11.3 Å². The van der Waals surface area contributed by atoms with Crippen LogP contribution in [-0.4, -0.2) is 21.0 Å². The van der Waals surface area contributed by atoms with Crippen molar-refractivity contribution in [2.24, 2.45) is 0 Å². The molecule has 0 aliphatic heterocycles. The molecule has 0 bridgehead atoms. The van der Waals surface area contributed by atoms with Crippen LogP contribution in [0, 0.1) is 0 Å². The number of rotatable bonds is 4. The molecule has 0 amide bonds. The Hall–Kier alpha value is -2.05. The number of benzene rings is 1. The third-order valence-electron chi connectivity index (χ3n) is 3.55. The van der Waals surface area contributed by atoms with Gasteiger partial charge in [-0.15, -0.1) is 22.7 Å². The molecule has 0 saturated heterocycles. The number of hydrogen-bond acceptors (Lipinski definition) is 5. The van der Waals surface area contributed by atoms with Gasteiger partial charge < -0.3 is 5.11 Å². The molecular formula is C16H12N2O2S2. The van der Waals surface area contributed by atoms with E-state index < -0.39 is 5.97 Å². The molecule has 1 fully saturated rings. The quantitative estimate of drug-likeness (QED) is 0.765. The van der Waals surface area contributed by atoms with E-state index in [4.69, 9.17) is 0 Å². The third kappa shape index (κ3) is 2.44. The van der Waals surface area contributed by atoms with Crippen molar-refractivity contribution in [2.45, 2.75) is 18.8 Å². The molecule has 22 heavy (non-hydrogen) atoms. The lowest BCUT2D eigenvalue weighted by Crippen LogP contribution is -1.99. The van der Waals surface area contributed by atoms with Crippen LogP contribution in [0.5, 0.6) is 0 Å². The summed E-state index contributed by atoms with van der Waals surface area (Å²) < 4.78 is 0. The van der Waals surface area contributed by atoms with Gasteiger partial charge in [-0.1, -0.05) is 30.3 Å². The molecule has 1 aromatic carbocycles. The van der Waals surface area contributed by atoms with E-state index in [-0.39, 0.29) is 5.69 Å². The Morgan fingerprint density at radius 3 is 2.59 bits per heavy atom. The molecule has 1 N–H and O–H groups in total. The summed E-state index contributed by atoms with van der Waals surface area (Å²) in [5.41, 5.74) is 1.32. The van der Waals surface area contributed by atoms with Crippen molar-refractivity contribution in [3.63, 3.8) is 0 Å². The molecule has 0 unspecified atom stereocenters. The molecule has 4 rings (SSSR count). The highest BCUT2D eigenvalue weighted by Gasteiger charge is 2.32. The maximum absolute atomic E-state index is 11.4. The number of carbonyl (C=O) groups is 1. The summed E-state index contributed by atoms with van der Waals surface area (Å²) in [7, 11) is 0. The molecule has 6 heteroatoms. The maximum atomic E-state index is 11.4. The molecule has 1 aliphatic rings. The van der Waals surface area contributed by atoms with Gasteiger partial charge in [-0.05, 0) is 24.3 Å². The van der Waals surface area contributed by atoms with Gasteiger partial charge in [-0.2, -0.15) is 0 Å². The zero-order valence-corrected chi connectivity index (χ0v) is 13.2. The molecule has 3 aromatic rings. The van der Waals surface area contributed by atoms with Gasteiger partial charge in [-0.25, -0.2) is 14.8 Å². The van der Waals surface area contributed by atoms with Gasteiger partial charge in [0, 0.05) is 11.1 Å². The Labute approximate surface area is 135 Å². The fourth-order valence-electron chi connectivity index (χ4n) is 2.31. The van der Waals surface area contributed by atoms with Crippen molar-refractivity contribution < 1.29 is 9.90 Å². The smallest absolute Gasteiger partial charge is 0.355 e. The van der Waals surface area contributed by atoms with Crippen molar-refractivity contribution in [1.82, 2.24) is 9.97 Å². The number of carboxylic acids is 1. The van der Waals surface area contributed by atoms with E-state index in [9.17, 15) is 9.90 Å². The van der Waals surface area contributed by atoms with Crippen LogP contribution in [0.4, 0.5) is 0 Å². The van der Waals surface area contributed by atoms with Gasteiger partial charge in [0.05, 0.1) is 4.88 Å². The van der Waals surface area contributed by atoms with Crippen LogP contribution < -0.4 is 0 Å². The van der Waals surface area contributed by atoms with Gasteiger partial charge in [-0.3, -0.25) is 0 Å². The summed E-state index contributed by atoms with van der Waals surface area (Å²) in [4.78, 5) is 22.1. The Kier molecular flexibility index (Phi) is 3.28. The lowest BCUT2D eigenvalue weighted by atomic mass is 10.2. The summed E-state index contributed by atoms with van der Waals surface area (Å²) in [6, 6.07) is 10.0. The first-order valence-corrected chi connectivity index (χ1v) is 8.61. The Morgan fingerprint density at radius 1 is 1.14 bits per heavy atom. The van der Waals surface area contributed by atoms with Crippen molar-refractivity contribution >= 4 is 28.6 Å². The molecule has 110 valence electrons. The number of hydrogen-bond donors (Lipinski definition) is 1. The molecule has 2 aromatic heterocycles.